The van der Waals surface area contributed by atoms with Crippen LogP contribution in [0.4, 0.5) is 0 Å². The first-order chi connectivity index (χ1) is 25.1. The molecule has 0 saturated heterocycles. The van der Waals surface area contributed by atoms with Gasteiger partial charge in [0.2, 0.25) is 0 Å². The number of aromatic hydroxyl groups is 2. The molecule has 2 amide bonds. The van der Waals surface area contributed by atoms with Crippen molar-refractivity contribution in [3.8, 4) is 23.0 Å². The van der Waals surface area contributed by atoms with Crippen LogP contribution in [0.25, 0.3) is 0 Å². The molecule has 0 heterocycles. The van der Waals surface area contributed by atoms with Gasteiger partial charge < -0.3 is 59.5 Å². The van der Waals surface area contributed by atoms with E-state index in [4.69, 9.17) is 38.6 Å². The molecular weight excluding hydrogens is 716 g/mol. The maximum Gasteiger partial charge on any atom is 0.329 e. The van der Waals surface area contributed by atoms with Crippen LogP contribution in [0.1, 0.15) is 75.1 Å². The summed E-state index contributed by atoms with van der Waals surface area (Å²) in [4.78, 5) is 72.9. The molecule has 0 aliphatic rings. The fourth-order valence-electron chi connectivity index (χ4n) is 4.33. The number of ether oxygens (including phenoxy) is 6. The number of carboxylic acid groups (broad SMARTS) is 2. The second-order valence-corrected chi connectivity index (χ2v) is 13.7. The van der Waals surface area contributed by atoms with Crippen LogP contribution in [0.2, 0.25) is 0 Å². The van der Waals surface area contributed by atoms with E-state index in [2.05, 4.69) is 10.6 Å². The Hall–Kier alpha value is -5.62. The van der Waals surface area contributed by atoms with Gasteiger partial charge in [-0.05, 0) is 65.8 Å². The number of benzene rings is 2. The van der Waals surface area contributed by atoms with Crippen molar-refractivity contribution >= 4 is 35.7 Å². The smallest absolute Gasteiger partial charge is 0.329 e. The number of hydrogen-bond acceptors (Lipinski definition) is 14. The molecule has 0 fully saturated rings. The number of carbonyl (C=O) groups excluding carboxylic acids is 4. The molecule has 0 bridgehead atoms. The number of phenolic OH excluding ortho intramolecular Hbond substituents is 2. The minimum atomic E-state index is -1.67. The van der Waals surface area contributed by atoms with Crippen molar-refractivity contribution in [2.45, 2.75) is 77.7 Å². The van der Waals surface area contributed by atoms with Crippen molar-refractivity contribution in [1.29, 1.82) is 0 Å². The summed E-state index contributed by atoms with van der Waals surface area (Å²) >= 11 is 0. The molecule has 18 heteroatoms. The van der Waals surface area contributed by atoms with Gasteiger partial charge >= 0.3 is 23.9 Å². The molecule has 2 unspecified atom stereocenters. The van der Waals surface area contributed by atoms with E-state index in [9.17, 15) is 39.0 Å². The summed E-state index contributed by atoms with van der Waals surface area (Å²) in [6.07, 6.45) is -1.32. The Morgan fingerprint density at radius 1 is 0.593 bits per heavy atom. The van der Waals surface area contributed by atoms with Crippen LogP contribution in [-0.4, -0.2) is 119 Å². The summed E-state index contributed by atoms with van der Waals surface area (Å²) in [5, 5.41) is 42.7. The lowest BCUT2D eigenvalue weighted by Crippen LogP contribution is -2.46. The average molecular weight is 765 g/mol. The van der Waals surface area contributed by atoms with Crippen molar-refractivity contribution in [3.05, 3.63) is 47.5 Å². The Morgan fingerprint density at radius 2 is 1.02 bits per heavy atom. The lowest BCUT2D eigenvalue weighted by atomic mass is 10.1. The zero-order chi connectivity index (χ0) is 40.6. The Balaban J connectivity index is 1.80. The van der Waals surface area contributed by atoms with E-state index in [1.165, 1.54) is 24.3 Å². The Kier molecular flexibility index (Phi) is 17.0. The molecule has 6 N–H and O–H groups in total. The number of phenols is 2. The van der Waals surface area contributed by atoms with Crippen LogP contribution >= 0.6 is 0 Å². The Morgan fingerprint density at radius 3 is 1.43 bits per heavy atom. The zero-order valence-electron chi connectivity index (χ0n) is 31.0. The Labute approximate surface area is 311 Å². The molecule has 0 saturated carbocycles. The molecule has 0 aromatic heterocycles. The highest BCUT2D eigenvalue weighted by Crippen LogP contribution is 2.24. The van der Waals surface area contributed by atoms with Crippen LogP contribution in [0, 0.1) is 0 Å². The monoisotopic (exact) mass is 764 g/mol. The lowest BCUT2D eigenvalue weighted by molar-refractivity contribution is -0.164. The zero-order valence-corrected chi connectivity index (χ0v) is 31.0. The third-order valence-corrected chi connectivity index (χ3v) is 6.44. The molecule has 0 aliphatic heterocycles. The average Bonchev–Trinajstić information content (AvgIpc) is 3.02. The fourth-order valence-corrected chi connectivity index (χ4v) is 4.33. The van der Waals surface area contributed by atoms with Crippen LogP contribution in [-0.2, 0) is 38.1 Å². The molecule has 0 spiro atoms. The van der Waals surface area contributed by atoms with Gasteiger partial charge in [0.25, 0.3) is 11.8 Å². The maximum atomic E-state index is 13.1. The van der Waals surface area contributed by atoms with E-state index in [0.717, 1.165) is 12.1 Å². The van der Waals surface area contributed by atoms with Gasteiger partial charge in [0.1, 0.15) is 59.5 Å². The molecule has 0 radical (unpaired) electrons. The second-order valence-electron chi connectivity index (χ2n) is 13.7. The van der Waals surface area contributed by atoms with Crippen molar-refractivity contribution in [2.75, 3.05) is 39.6 Å². The van der Waals surface area contributed by atoms with Crippen molar-refractivity contribution < 1.29 is 77.6 Å². The van der Waals surface area contributed by atoms with E-state index in [1.54, 1.807) is 41.5 Å². The molecule has 2 rings (SSSR count). The largest absolute Gasteiger partial charge is 0.508 e. The number of esters is 2. The van der Waals surface area contributed by atoms with E-state index in [-0.39, 0.29) is 73.8 Å². The second kappa shape index (κ2) is 20.6. The molecule has 298 valence electrons. The van der Waals surface area contributed by atoms with Gasteiger partial charge in [-0.3, -0.25) is 19.2 Å². The highest BCUT2D eigenvalue weighted by atomic mass is 16.6. The van der Waals surface area contributed by atoms with E-state index >= 15 is 0 Å². The predicted octanol–water partition coefficient (Wildman–Crippen LogP) is 2.42. The molecule has 2 atom stereocenters. The van der Waals surface area contributed by atoms with E-state index in [0.29, 0.717) is 0 Å². The van der Waals surface area contributed by atoms with Gasteiger partial charge in [-0.15, -0.1) is 0 Å². The first kappa shape index (κ1) is 44.5. The molecule has 0 aliphatic carbocycles. The number of carboxylic acids is 2. The third-order valence-electron chi connectivity index (χ3n) is 6.44. The standard InChI is InChI=1S/C36H48N2O16/c1-35(2,3)53-30(43)20-28(34(48)54-36(4,5)6)38-32(45)22-14-24(40)18-26(16-22)52-12-10-50-8-7-49-9-11-51-25-15-21(13-23(39)17-25)31(44)37-27(33(46)47)19-29(41)42/h13-18,27-28,39-40H,7-12,19-20H2,1-6H3,(H,37,44)(H,38,45)(H,41,42)(H,46,47). The summed E-state index contributed by atoms with van der Waals surface area (Å²) in [6.45, 7) is 10.5. The molecule has 2 aromatic rings. The highest BCUT2D eigenvalue weighted by molar-refractivity contribution is 5.99. The minimum absolute atomic E-state index is 0.0112. The van der Waals surface area contributed by atoms with E-state index < -0.39 is 71.8 Å². The van der Waals surface area contributed by atoms with Crippen molar-refractivity contribution in [1.82, 2.24) is 10.6 Å². The number of rotatable bonds is 21. The number of nitrogens with one attached hydrogen (secondary N) is 2. The maximum absolute atomic E-state index is 13.1. The molecular formula is C36H48N2O16. The summed E-state index contributed by atoms with van der Waals surface area (Å²) in [5.41, 5.74) is -1.91. The van der Waals surface area contributed by atoms with Gasteiger partial charge in [0.05, 0.1) is 39.3 Å². The molecule has 2 aromatic carbocycles. The quantitative estimate of drug-likeness (QED) is 0.0787. The Bertz CT molecular complexity index is 1630. The first-order valence-electron chi connectivity index (χ1n) is 16.7. The highest BCUT2D eigenvalue weighted by Gasteiger charge is 2.31. The summed E-state index contributed by atoms with van der Waals surface area (Å²) in [5.74, 6) is -6.62. The van der Waals surface area contributed by atoms with Gasteiger partial charge in [0, 0.05) is 23.3 Å². The third kappa shape index (κ3) is 17.7. The summed E-state index contributed by atoms with van der Waals surface area (Å²) in [7, 11) is 0. The van der Waals surface area contributed by atoms with Crippen LogP contribution in [0.15, 0.2) is 36.4 Å². The number of aliphatic carboxylic acids is 2. The number of hydrogen-bond donors (Lipinski definition) is 6. The van der Waals surface area contributed by atoms with Crippen LogP contribution < -0.4 is 20.1 Å². The summed E-state index contributed by atoms with van der Waals surface area (Å²) in [6, 6.07) is 4.27. The normalized spacial score (nSPS) is 12.5. The molecule has 18 nitrogen and oxygen atoms in total. The number of carbonyl (C=O) groups is 6. The van der Waals surface area contributed by atoms with Gasteiger partial charge in [-0.25, -0.2) is 9.59 Å². The topological polar surface area (TPSA) is 263 Å². The van der Waals surface area contributed by atoms with Gasteiger partial charge in [-0.1, -0.05) is 0 Å². The predicted molar refractivity (Wildman–Crippen MR) is 188 cm³/mol. The van der Waals surface area contributed by atoms with Crippen molar-refractivity contribution in [2.24, 2.45) is 0 Å². The van der Waals surface area contributed by atoms with E-state index in [1.807, 2.05) is 0 Å². The summed E-state index contributed by atoms with van der Waals surface area (Å²) < 4.78 is 32.6. The molecule has 54 heavy (non-hydrogen) atoms. The van der Waals surface area contributed by atoms with Crippen LogP contribution in [0.5, 0.6) is 23.0 Å². The van der Waals surface area contributed by atoms with Gasteiger partial charge in [-0.2, -0.15) is 0 Å². The van der Waals surface area contributed by atoms with Crippen LogP contribution in [0.3, 0.4) is 0 Å². The number of amides is 2. The fraction of sp³-hybridized carbons (Fsp3) is 0.500. The van der Waals surface area contributed by atoms with Gasteiger partial charge in [0.15, 0.2) is 0 Å². The SMILES string of the molecule is CC(C)(C)OC(=O)CC(NC(=O)c1cc(O)cc(OCCOCCOCCOc2cc(O)cc(C(=O)NC(CC(=O)O)C(=O)O)c2)c1)C(=O)OC(C)(C)C. The minimum Gasteiger partial charge on any atom is -0.508 e. The van der Waals surface area contributed by atoms with Crippen molar-refractivity contribution in [3.63, 3.8) is 0 Å². The lowest BCUT2D eigenvalue weighted by Gasteiger charge is -2.25. The first-order valence-corrected chi connectivity index (χ1v) is 16.7.